The molecule has 3 N–H and O–H groups in total. The number of anilines is 1. The van der Waals surface area contributed by atoms with Gasteiger partial charge >= 0.3 is 0 Å². The summed E-state index contributed by atoms with van der Waals surface area (Å²) in [6, 6.07) is 9.83. The summed E-state index contributed by atoms with van der Waals surface area (Å²) in [7, 11) is -3.66. The van der Waals surface area contributed by atoms with Crippen molar-refractivity contribution in [3.8, 4) is 5.75 Å². The minimum absolute atomic E-state index is 0.0818. The monoisotopic (exact) mass is 305 g/mol. The zero-order valence-electron chi connectivity index (χ0n) is 11.2. The van der Waals surface area contributed by atoms with Crippen LogP contribution in [0.25, 0.3) is 0 Å². The van der Waals surface area contributed by atoms with Crippen molar-refractivity contribution < 1.29 is 13.2 Å². The van der Waals surface area contributed by atoms with Gasteiger partial charge < -0.3 is 10.5 Å². The molecule has 0 aliphatic carbocycles. The van der Waals surface area contributed by atoms with E-state index in [1.165, 1.54) is 12.3 Å². The van der Waals surface area contributed by atoms with E-state index in [4.69, 9.17) is 10.5 Å². The Bertz CT molecular complexity index is 747. The molecule has 0 amide bonds. The second-order valence-electron chi connectivity index (χ2n) is 4.77. The minimum atomic E-state index is -3.66. The number of hydrogen-bond acceptors (Lipinski definition) is 5. The van der Waals surface area contributed by atoms with Gasteiger partial charge in [-0.15, -0.1) is 0 Å². The standard InChI is InChI=1S/C14H15N3O3S/c15-9-11-7-10-8-12(4-5-13(10)20-11)21(18,19)17-14-3-1-2-6-16-14/h1-6,8,11H,7,9,15H2,(H,16,17). The van der Waals surface area contributed by atoms with Crippen molar-refractivity contribution in [1.29, 1.82) is 0 Å². The molecule has 110 valence electrons. The van der Waals surface area contributed by atoms with E-state index >= 15 is 0 Å². The third-order valence-corrected chi connectivity index (χ3v) is 4.60. The molecule has 1 atom stereocenters. The highest BCUT2D eigenvalue weighted by Gasteiger charge is 2.24. The summed E-state index contributed by atoms with van der Waals surface area (Å²) in [6.07, 6.45) is 2.07. The summed E-state index contributed by atoms with van der Waals surface area (Å²) in [5.41, 5.74) is 6.43. The van der Waals surface area contributed by atoms with E-state index in [1.807, 2.05) is 0 Å². The molecule has 0 fully saturated rings. The average Bonchev–Trinajstić information content (AvgIpc) is 2.90. The van der Waals surface area contributed by atoms with E-state index in [-0.39, 0.29) is 16.8 Å². The number of nitrogens with two attached hydrogens (primary N) is 1. The van der Waals surface area contributed by atoms with Gasteiger partial charge in [-0.1, -0.05) is 6.07 Å². The third-order valence-electron chi connectivity index (χ3n) is 3.25. The molecular formula is C14H15N3O3S. The van der Waals surface area contributed by atoms with Crippen molar-refractivity contribution >= 4 is 15.8 Å². The molecule has 1 aromatic carbocycles. The number of aromatic nitrogens is 1. The first-order valence-electron chi connectivity index (χ1n) is 6.52. The van der Waals surface area contributed by atoms with Gasteiger partial charge in [0.2, 0.25) is 0 Å². The van der Waals surface area contributed by atoms with E-state index in [0.29, 0.717) is 18.7 Å². The first-order valence-corrected chi connectivity index (χ1v) is 8.00. The summed E-state index contributed by atoms with van der Waals surface area (Å²) in [6.45, 7) is 0.406. The lowest BCUT2D eigenvalue weighted by molar-refractivity contribution is 0.241. The molecule has 1 aliphatic rings. The Kier molecular flexibility index (Phi) is 3.52. The number of sulfonamides is 1. The topological polar surface area (TPSA) is 94.3 Å². The number of nitrogens with one attached hydrogen (secondary N) is 1. The largest absolute Gasteiger partial charge is 0.488 e. The van der Waals surface area contributed by atoms with Gasteiger partial charge in [-0.05, 0) is 35.9 Å². The Morgan fingerprint density at radius 3 is 2.90 bits per heavy atom. The van der Waals surface area contributed by atoms with Gasteiger partial charge in [-0.2, -0.15) is 0 Å². The number of fused-ring (bicyclic) bond motifs is 1. The van der Waals surface area contributed by atoms with E-state index < -0.39 is 10.0 Å². The number of ether oxygens (including phenoxy) is 1. The minimum Gasteiger partial charge on any atom is -0.488 e. The summed E-state index contributed by atoms with van der Waals surface area (Å²) < 4.78 is 32.7. The van der Waals surface area contributed by atoms with Crippen molar-refractivity contribution in [1.82, 2.24) is 4.98 Å². The zero-order chi connectivity index (χ0) is 14.9. The first-order chi connectivity index (χ1) is 10.1. The third kappa shape index (κ3) is 2.84. The molecule has 21 heavy (non-hydrogen) atoms. The predicted molar refractivity (Wildman–Crippen MR) is 78.7 cm³/mol. The Morgan fingerprint density at radius 2 is 2.19 bits per heavy atom. The SMILES string of the molecule is NCC1Cc2cc(S(=O)(=O)Nc3ccccn3)ccc2O1. The van der Waals surface area contributed by atoms with Gasteiger partial charge in [-0.25, -0.2) is 13.4 Å². The Morgan fingerprint density at radius 1 is 1.33 bits per heavy atom. The molecule has 0 bridgehead atoms. The molecule has 6 nitrogen and oxygen atoms in total. The normalized spacial score (nSPS) is 17.1. The van der Waals surface area contributed by atoms with Crippen LogP contribution in [-0.2, 0) is 16.4 Å². The highest BCUT2D eigenvalue weighted by atomic mass is 32.2. The van der Waals surface area contributed by atoms with E-state index in [0.717, 1.165) is 5.56 Å². The van der Waals surface area contributed by atoms with Gasteiger partial charge in [0, 0.05) is 19.2 Å². The summed E-state index contributed by atoms with van der Waals surface area (Å²) in [5.74, 6) is 0.983. The zero-order valence-corrected chi connectivity index (χ0v) is 12.0. The highest BCUT2D eigenvalue weighted by molar-refractivity contribution is 7.92. The van der Waals surface area contributed by atoms with Crippen LogP contribution in [0.5, 0.6) is 5.75 Å². The van der Waals surface area contributed by atoms with E-state index in [9.17, 15) is 8.42 Å². The Balaban J connectivity index is 1.87. The van der Waals surface area contributed by atoms with Crippen molar-refractivity contribution in [3.05, 3.63) is 48.2 Å². The molecule has 0 saturated carbocycles. The van der Waals surface area contributed by atoms with Gasteiger partial charge in [0.1, 0.15) is 17.7 Å². The van der Waals surface area contributed by atoms with Gasteiger partial charge in [0.25, 0.3) is 10.0 Å². The number of rotatable bonds is 4. The first kappa shape index (κ1) is 13.8. The van der Waals surface area contributed by atoms with Gasteiger partial charge in [0.05, 0.1) is 4.90 Å². The lowest BCUT2D eigenvalue weighted by Crippen LogP contribution is -2.24. The second-order valence-corrected chi connectivity index (χ2v) is 6.45. The Hall–Kier alpha value is -2.12. The van der Waals surface area contributed by atoms with E-state index in [1.54, 1.807) is 30.3 Å². The fourth-order valence-corrected chi connectivity index (χ4v) is 3.27. The van der Waals surface area contributed by atoms with Gasteiger partial charge in [-0.3, -0.25) is 4.72 Å². The van der Waals surface area contributed by atoms with Crippen LogP contribution in [0, 0.1) is 0 Å². The highest BCUT2D eigenvalue weighted by Crippen LogP contribution is 2.30. The van der Waals surface area contributed by atoms with Crippen molar-refractivity contribution in [2.75, 3.05) is 11.3 Å². The summed E-state index contributed by atoms with van der Waals surface area (Å²) in [5, 5.41) is 0. The maximum Gasteiger partial charge on any atom is 0.263 e. The smallest absolute Gasteiger partial charge is 0.263 e. The van der Waals surface area contributed by atoms with Crippen LogP contribution in [0.4, 0.5) is 5.82 Å². The maximum atomic E-state index is 12.3. The molecule has 7 heteroatoms. The molecule has 3 rings (SSSR count). The number of hydrogen-bond donors (Lipinski definition) is 2. The predicted octanol–water partition coefficient (Wildman–Crippen LogP) is 1.14. The van der Waals surface area contributed by atoms with Crippen LogP contribution in [0.15, 0.2) is 47.5 Å². The fourth-order valence-electron chi connectivity index (χ4n) is 2.22. The molecule has 1 aromatic heterocycles. The molecule has 1 aliphatic heterocycles. The number of benzene rings is 1. The number of nitrogens with zero attached hydrogens (tertiary/aromatic N) is 1. The molecular weight excluding hydrogens is 290 g/mol. The maximum absolute atomic E-state index is 12.3. The molecule has 2 aromatic rings. The van der Waals surface area contributed by atoms with Crippen molar-refractivity contribution in [2.45, 2.75) is 17.4 Å². The lowest BCUT2D eigenvalue weighted by Gasteiger charge is -2.08. The quantitative estimate of drug-likeness (QED) is 0.883. The van der Waals surface area contributed by atoms with Crippen LogP contribution in [-0.4, -0.2) is 26.1 Å². The lowest BCUT2D eigenvalue weighted by atomic mass is 10.1. The molecule has 0 saturated heterocycles. The van der Waals surface area contributed by atoms with Crippen molar-refractivity contribution in [3.63, 3.8) is 0 Å². The van der Waals surface area contributed by atoms with Crippen LogP contribution in [0.1, 0.15) is 5.56 Å². The van der Waals surface area contributed by atoms with E-state index in [2.05, 4.69) is 9.71 Å². The molecule has 0 radical (unpaired) electrons. The molecule has 1 unspecified atom stereocenters. The average molecular weight is 305 g/mol. The molecule has 0 spiro atoms. The van der Waals surface area contributed by atoms with Gasteiger partial charge in [0.15, 0.2) is 0 Å². The summed E-state index contributed by atoms with van der Waals surface area (Å²) >= 11 is 0. The molecule has 2 heterocycles. The van der Waals surface area contributed by atoms with Crippen LogP contribution in [0.3, 0.4) is 0 Å². The van der Waals surface area contributed by atoms with Crippen LogP contribution < -0.4 is 15.2 Å². The summed E-state index contributed by atoms with van der Waals surface area (Å²) in [4.78, 5) is 4.14. The Labute approximate surface area is 123 Å². The number of pyridine rings is 1. The van der Waals surface area contributed by atoms with Crippen LogP contribution in [0.2, 0.25) is 0 Å². The second kappa shape index (κ2) is 5.34. The fraction of sp³-hybridized carbons (Fsp3) is 0.214. The van der Waals surface area contributed by atoms with Crippen LogP contribution >= 0.6 is 0 Å². The van der Waals surface area contributed by atoms with Crippen molar-refractivity contribution in [2.24, 2.45) is 5.73 Å².